The summed E-state index contributed by atoms with van der Waals surface area (Å²) in [6.07, 6.45) is 5.12. The van der Waals surface area contributed by atoms with E-state index < -0.39 is 15.5 Å². The van der Waals surface area contributed by atoms with Crippen LogP contribution in [-0.2, 0) is 15.4 Å². The van der Waals surface area contributed by atoms with E-state index >= 15 is 0 Å². The van der Waals surface area contributed by atoms with E-state index in [1.54, 1.807) is 7.05 Å². The van der Waals surface area contributed by atoms with Gasteiger partial charge in [0.25, 0.3) is 0 Å². The molecular weight excluding hydrogens is 544 g/mol. The third-order valence-electron chi connectivity index (χ3n) is 6.19. The third kappa shape index (κ3) is 6.04. The van der Waals surface area contributed by atoms with Crippen molar-refractivity contribution in [1.29, 1.82) is 0 Å². The van der Waals surface area contributed by atoms with Crippen LogP contribution in [0.4, 0.5) is 13.2 Å². The van der Waals surface area contributed by atoms with Crippen LogP contribution in [0.2, 0.25) is 0 Å². The summed E-state index contributed by atoms with van der Waals surface area (Å²) in [7, 11) is -3.60. The normalized spacial score (nSPS) is 20.8. The number of sulfonamides is 1. The van der Waals surface area contributed by atoms with E-state index in [2.05, 4.69) is 27.8 Å². The lowest BCUT2D eigenvalue weighted by molar-refractivity contribution is -0.0494. The van der Waals surface area contributed by atoms with E-state index in [1.165, 1.54) is 18.4 Å². The summed E-state index contributed by atoms with van der Waals surface area (Å²) < 4.78 is 61.8. The number of rotatable bonds is 5. The van der Waals surface area contributed by atoms with Gasteiger partial charge in [-0.25, -0.2) is 8.42 Å². The molecule has 11 heteroatoms. The molecule has 1 aromatic carbocycles. The van der Waals surface area contributed by atoms with Gasteiger partial charge in [0.05, 0.1) is 0 Å². The lowest BCUT2D eigenvalue weighted by Crippen LogP contribution is -2.53. The zero-order chi connectivity index (χ0) is 21.8. The second kappa shape index (κ2) is 10.7. The minimum atomic E-state index is -5.26. The number of hydrogen-bond acceptors (Lipinski definition) is 3. The minimum absolute atomic E-state index is 0. The predicted molar refractivity (Wildman–Crippen MR) is 126 cm³/mol. The summed E-state index contributed by atoms with van der Waals surface area (Å²) in [4.78, 5) is 4.26. The van der Waals surface area contributed by atoms with E-state index in [4.69, 9.17) is 0 Å². The summed E-state index contributed by atoms with van der Waals surface area (Å²) in [5.41, 5.74) is -3.91. The molecule has 0 amide bonds. The molecule has 2 fully saturated rings. The van der Waals surface area contributed by atoms with E-state index in [-0.39, 0.29) is 48.5 Å². The lowest BCUT2D eigenvalue weighted by Gasteiger charge is -2.34. The number of nitrogens with one attached hydrogen (secondary N) is 2. The fourth-order valence-electron chi connectivity index (χ4n) is 4.44. The molecule has 0 atom stereocenters. The molecule has 1 saturated carbocycles. The topological polar surface area (TPSA) is 73.8 Å². The smallest absolute Gasteiger partial charge is 0.356 e. The average Bonchev–Trinajstić information content (AvgIpc) is 3.21. The van der Waals surface area contributed by atoms with E-state index in [9.17, 15) is 21.6 Å². The number of halogens is 4. The first-order valence-corrected chi connectivity index (χ1v) is 11.7. The van der Waals surface area contributed by atoms with Gasteiger partial charge >= 0.3 is 15.5 Å². The van der Waals surface area contributed by atoms with Crippen LogP contribution >= 0.6 is 24.0 Å². The van der Waals surface area contributed by atoms with Crippen LogP contribution in [-0.4, -0.2) is 56.9 Å². The number of alkyl halides is 3. The van der Waals surface area contributed by atoms with Gasteiger partial charge in [-0.05, 0) is 31.2 Å². The molecule has 176 valence electrons. The molecule has 1 aliphatic heterocycles. The van der Waals surface area contributed by atoms with Crippen molar-refractivity contribution in [3.63, 3.8) is 0 Å². The molecular formula is C20H30F3IN4O2S. The summed E-state index contributed by atoms with van der Waals surface area (Å²) in [5.74, 6) is 0.592. The van der Waals surface area contributed by atoms with Crippen LogP contribution in [0.15, 0.2) is 35.3 Å². The van der Waals surface area contributed by atoms with Crippen molar-refractivity contribution >= 4 is 40.0 Å². The summed E-state index contributed by atoms with van der Waals surface area (Å²) >= 11 is 0. The molecule has 0 bridgehead atoms. The van der Waals surface area contributed by atoms with Crippen LogP contribution in [0.3, 0.4) is 0 Å². The molecule has 1 aliphatic carbocycles. The minimum Gasteiger partial charge on any atom is -0.356 e. The van der Waals surface area contributed by atoms with Gasteiger partial charge in [0.1, 0.15) is 0 Å². The Morgan fingerprint density at radius 2 is 1.74 bits per heavy atom. The second-order valence-corrected chi connectivity index (χ2v) is 9.98. The van der Waals surface area contributed by atoms with E-state index in [0.29, 0.717) is 23.1 Å². The van der Waals surface area contributed by atoms with Crippen LogP contribution in [0.5, 0.6) is 0 Å². The Balaban J connectivity index is 0.00000341. The molecule has 1 aromatic rings. The standard InChI is InChI=1S/C20H29F3N4O2S.HI/c1-24-18(25-15-19(11-5-6-12-19)16-7-3-2-4-8-16)26-17-9-13-27(14-10-17)30(28,29)20(21,22)23;/h2-4,7-8,17H,5-6,9-15H2,1H3,(H2,24,25,26);1H. The predicted octanol–water partition coefficient (Wildman–Crippen LogP) is 3.60. The highest BCUT2D eigenvalue weighted by molar-refractivity contribution is 14.0. The molecule has 0 aromatic heterocycles. The lowest BCUT2D eigenvalue weighted by atomic mass is 9.79. The molecule has 6 nitrogen and oxygen atoms in total. The zero-order valence-corrected chi connectivity index (χ0v) is 20.6. The first kappa shape index (κ1) is 26.2. The van der Waals surface area contributed by atoms with Crippen molar-refractivity contribution in [3.8, 4) is 0 Å². The Kier molecular flexibility index (Phi) is 9.03. The quantitative estimate of drug-likeness (QED) is 0.321. The van der Waals surface area contributed by atoms with Crippen molar-refractivity contribution in [3.05, 3.63) is 35.9 Å². The molecule has 0 unspecified atom stereocenters. The van der Waals surface area contributed by atoms with E-state index in [1.807, 2.05) is 18.2 Å². The first-order chi connectivity index (χ1) is 14.2. The van der Waals surface area contributed by atoms with Crippen LogP contribution in [0.25, 0.3) is 0 Å². The molecule has 1 saturated heterocycles. The SMILES string of the molecule is CN=C(NCC1(c2ccccc2)CCCC1)NC1CCN(S(=O)(=O)C(F)(F)F)CC1.I. The van der Waals surface area contributed by atoms with Crippen molar-refractivity contribution in [2.24, 2.45) is 4.99 Å². The molecule has 2 aliphatic rings. The van der Waals surface area contributed by atoms with Crippen LogP contribution < -0.4 is 10.6 Å². The number of nitrogens with zero attached hydrogens (tertiary/aromatic N) is 2. The zero-order valence-electron chi connectivity index (χ0n) is 17.5. The molecule has 3 rings (SSSR count). The van der Waals surface area contributed by atoms with Crippen LogP contribution in [0, 0.1) is 0 Å². The number of benzene rings is 1. The van der Waals surface area contributed by atoms with Gasteiger partial charge in [0.15, 0.2) is 5.96 Å². The first-order valence-electron chi connectivity index (χ1n) is 10.3. The Bertz CT molecular complexity index is 836. The number of piperidine rings is 1. The van der Waals surface area contributed by atoms with Gasteiger partial charge in [0, 0.05) is 38.1 Å². The Labute approximate surface area is 199 Å². The largest absolute Gasteiger partial charge is 0.511 e. The van der Waals surface area contributed by atoms with Crippen LogP contribution in [0.1, 0.15) is 44.1 Å². The molecule has 1 heterocycles. The fraction of sp³-hybridized carbons (Fsp3) is 0.650. The highest BCUT2D eigenvalue weighted by Crippen LogP contribution is 2.40. The number of aliphatic imine (C=N–C) groups is 1. The van der Waals surface area contributed by atoms with E-state index in [0.717, 1.165) is 19.4 Å². The summed E-state index contributed by atoms with van der Waals surface area (Å²) in [6.45, 7) is 0.396. The van der Waals surface area contributed by atoms with Crippen molar-refractivity contribution < 1.29 is 21.6 Å². The number of guanidine groups is 1. The highest BCUT2D eigenvalue weighted by Gasteiger charge is 2.50. The summed E-state index contributed by atoms with van der Waals surface area (Å²) in [5, 5.41) is 6.64. The van der Waals surface area contributed by atoms with Gasteiger partial charge in [-0.1, -0.05) is 43.2 Å². The van der Waals surface area contributed by atoms with Gasteiger partial charge < -0.3 is 10.6 Å². The maximum absolute atomic E-state index is 12.7. The molecule has 2 N–H and O–H groups in total. The third-order valence-corrected chi connectivity index (χ3v) is 7.82. The Morgan fingerprint density at radius 3 is 2.26 bits per heavy atom. The van der Waals surface area contributed by atoms with Crippen molar-refractivity contribution in [2.45, 2.75) is 55.5 Å². The molecule has 0 spiro atoms. The monoisotopic (exact) mass is 574 g/mol. The fourth-order valence-corrected chi connectivity index (χ4v) is 5.42. The van der Waals surface area contributed by atoms with Crippen molar-refractivity contribution in [2.75, 3.05) is 26.7 Å². The summed E-state index contributed by atoms with van der Waals surface area (Å²) in [6, 6.07) is 10.3. The average molecular weight is 574 g/mol. The Morgan fingerprint density at radius 1 is 1.16 bits per heavy atom. The van der Waals surface area contributed by atoms with Gasteiger partial charge in [-0.3, -0.25) is 4.99 Å². The Hall–Kier alpha value is -1.08. The maximum Gasteiger partial charge on any atom is 0.511 e. The number of hydrogen-bond donors (Lipinski definition) is 2. The van der Waals surface area contributed by atoms with Gasteiger partial charge in [0.2, 0.25) is 0 Å². The highest BCUT2D eigenvalue weighted by atomic mass is 127. The molecule has 0 radical (unpaired) electrons. The van der Waals surface area contributed by atoms with Gasteiger partial charge in [-0.15, -0.1) is 24.0 Å². The second-order valence-electron chi connectivity index (χ2n) is 8.05. The maximum atomic E-state index is 12.7. The van der Waals surface area contributed by atoms with Gasteiger partial charge in [-0.2, -0.15) is 17.5 Å². The molecule has 31 heavy (non-hydrogen) atoms. The van der Waals surface area contributed by atoms with Crippen molar-refractivity contribution in [1.82, 2.24) is 14.9 Å².